The lowest BCUT2D eigenvalue weighted by Gasteiger charge is -2.04. The highest BCUT2D eigenvalue weighted by molar-refractivity contribution is 7.89. The molecule has 3 N–H and O–H groups in total. The van der Waals surface area contributed by atoms with E-state index in [-0.39, 0.29) is 10.6 Å². The van der Waals surface area contributed by atoms with Crippen LogP contribution in [0.2, 0.25) is 5.02 Å². The summed E-state index contributed by atoms with van der Waals surface area (Å²) in [6.07, 6.45) is 2.79. The average molecular weight is 405 g/mol. The van der Waals surface area contributed by atoms with Crippen molar-refractivity contribution in [3.63, 3.8) is 0 Å². The molecule has 1 saturated heterocycles. The van der Waals surface area contributed by atoms with Crippen LogP contribution in [-0.4, -0.2) is 26.6 Å². The SMILES string of the molecule is O=C1NC(=O)/C(=C/c2ccc(S(=O)(=O)N/N=C/c3ccc(Cl)cc3)cc2)N1. The van der Waals surface area contributed by atoms with Crippen LogP contribution in [-0.2, 0) is 14.8 Å². The van der Waals surface area contributed by atoms with Crippen LogP contribution in [0.5, 0.6) is 0 Å². The number of carbonyl (C=O) groups excluding carboxylic acids is 2. The lowest BCUT2D eigenvalue weighted by Crippen LogP contribution is -2.22. The molecule has 10 heteroatoms. The third kappa shape index (κ3) is 4.72. The molecule has 1 fully saturated rings. The Labute approximate surface area is 160 Å². The van der Waals surface area contributed by atoms with Gasteiger partial charge in [-0.2, -0.15) is 13.5 Å². The van der Waals surface area contributed by atoms with E-state index in [0.29, 0.717) is 16.1 Å². The molecule has 0 unspecified atom stereocenters. The van der Waals surface area contributed by atoms with E-state index < -0.39 is 22.0 Å². The molecule has 0 aliphatic carbocycles. The van der Waals surface area contributed by atoms with Crippen LogP contribution in [0, 0.1) is 0 Å². The molecular weight excluding hydrogens is 392 g/mol. The predicted octanol–water partition coefficient (Wildman–Crippen LogP) is 1.83. The quantitative estimate of drug-likeness (QED) is 0.305. The summed E-state index contributed by atoms with van der Waals surface area (Å²) in [7, 11) is -3.85. The summed E-state index contributed by atoms with van der Waals surface area (Å²) in [5.41, 5.74) is 1.31. The smallest absolute Gasteiger partial charge is 0.303 e. The predicted molar refractivity (Wildman–Crippen MR) is 100 cm³/mol. The second kappa shape index (κ2) is 7.60. The van der Waals surface area contributed by atoms with Gasteiger partial charge in [0.2, 0.25) is 0 Å². The molecule has 2 aromatic rings. The monoisotopic (exact) mass is 404 g/mol. The molecule has 1 heterocycles. The van der Waals surface area contributed by atoms with Crippen molar-refractivity contribution in [2.24, 2.45) is 5.10 Å². The molecule has 0 atom stereocenters. The maximum absolute atomic E-state index is 12.2. The fourth-order valence-corrected chi connectivity index (χ4v) is 3.08. The van der Waals surface area contributed by atoms with Crippen molar-refractivity contribution in [2.75, 3.05) is 0 Å². The van der Waals surface area contributed by atoms with Gasteiger partial charge in [-0.1, -0.05) is 35.9 Å². The number of nitrogens with zero attached hydrogens (tertiary/aromatic N) is 1. The minimum Gasteiger partial charge on any atom is -0.303 e. The van der Waals surface area contributed by atoms with E-state index in [4.69, 9.17) is 11.6 Å². The second-order valence-corrected chi connectivity index (χ2v) is 7.54. The second-order valence-electron chi connectivity index (χ2n) is 5.44. The van der Waals surface area contributed by atoms with E-state index in [1.165, 1.54) is 36.6 Å². The van der Waals surface area contributed by atoms with Gasteiger partial charge in [-0.25, -0.2) is 9.63 Å². The van der Waals surface area contributed by atoms with Gasteiger partial charge in [0, 0.05) is 5.02 Å². The molecule has 3 amide bonds. The lowest BCUT2D eigenvalue weighted by molar-refractivity contribution is -0.115. The molecule has 0 saturated carbocycles. The van der Waals surface area contributed by atoms with Gasteiger partial charge in [-0.3, -0.25) is 10.1 Å². The van der Waals surface area contributed by atoms with E-state index in [1.807, 2.05) is 0 Å². The molecule has 0 bridgehead atoms. The summed E-state index contributed by atoms with van der Waals surface area (Å²) in [6.45, 7) is 0. The zero-order chi connectivity index (χ0) is 19.4. The Balaban J connectivity index is 1.70. The maximum Gasteiger partial charge on any atom is 0.326 e. The number of sulfonamides is 1. The Morgan fingerprint density at radius 2 is 1.56 bits per heavy atom. The largest absolute Gasteiger partial charge is 0.326 e. The number of imide groups is 1. The van der Waals surface area contributed by atoms with Crippen molar-refractivity contribution < 1.29 is 18.0 Å². The fraction of sp³-hybridized carbons (Fsp3) is 0. The first-order valence-corrected chi connectivity index (χ1v) is 9.44. The fourth-order valence-electron chi connectivity index (χ4n) is 2.16. The number of hydrazone groups is 1. The normalized spacial score (nSPS) is 15.8. The van der Waals surface area contributed by atoms with E-state index in [0.717, 1.165) is 0 Å². The zero-order valence-corrected chi connectivity index (χ0v) is 15.2. The van der Waals surface area contributed by atoms with E-state index in [2.05, 4.69) is 20.6 Å². The third-order valence-corrected chi connectivity index (χ3v) is 4.97. The first-order chi connectivity index (χ1) is 12.8. The first kappa shape index (κ1) is 18.6. The number of rotatable bonds is 5. The van der Waals surface area contributed by atoms with Crippen molar-refractivity contribution in [3.8, 4) is 0 Å². The molecule has 0 spiro atoms. The Bertz CT molecular complexity index is 1050. The minimum atomic E-state index is -3.85. The molecule has 27 heavy (non-hydrogen) atoms. The maximum atomic E-state index is 12.2. The Hall–Kier alpha value is -3.17. The lowest BCUT2D eigenvalue weighted by atomic mass is 10.2. The number of nitrogens with one attached hydrogen (secondary N) is 3. The molecule has 1 aliphatic rings. The first-order valence-electron chi connectivity index (χ1n) is 7.58. The van der Waals surface area contributed by atoms with Crippen LogP contribution in [0.4, 0.5) is 4.79 Å². The van der Waals surface area contributed by atoms with Gasteiger partial charge in [-0.05, 0) is 41.5 Å². The van der Waals surface area contributed by atoms with Gasteiger partial charge >= 0.3 is 6.03 Å². The molecule has 1 aliphatic heterocycles. The van der Waals surface area contributed by atoms with Crippen LogP contribution in [0.3, 0.4) is 0 Å². The highest BCUT2D eigenvalue weighted by Crippen LogP contribution is 2.14. The average Bonchev–Trinajstić information content (AvgIpc) is 2.94. The number of urea groups is 1. The van der Waals surface area contributed by atoms with E-state index >= 15 is 0 Å². The summed E-state index contributed by atoms with van der Waals surface area (Å²) >= 11 is 5.78. The summed E-state index contributed by atoms with van der Waals surface area (Å²) in [5, 5.41) is 8.72. The van der Waals surface area contributed by atoms with E-state index in [1.54, 1.807) is 24.3 Å². The van der Waals surface area contributed by atoms with Gasteiger partial charge in [0.25, 0.3) is 15.9 Å². The van der Waals surface area contributed by atoms with Crippen molar-refractivity contribution in [2.45, 2.75) is 4.90 Å². The highest BCUT2D eigenvalue weighted by atomic mass is 35.5. The van der Waals surface area contributed by atoms with Crippen LogP contribution < -0.4 is 15.5 Å². The van der Waals surface area contributed by atoms with Gasteiger partial charge < -0.3 is 5.32 Å². The summed E-state index contributed by atoms with van der Waals surface area (Å²) < 4.78 is 24.5. The molecule has 138 valence electrons. The van der Waals surface area contributed by atoms with Gasteiger partial charge in [0.15, 0.2) is 0 Å². The van der Waals surface area contributed by atoms with Gasteiger partial charge in [0.1, 0.15) is 5.70 Å². The Morgan fingerprint density at radius 3 is 2.15 bits per heavy atom. The van der Waals surface area contributed by atoms with Crippen molar-refractivity contribution in [1.82, 2.24) is 15.5 Å². The summed E-state index contributed by atoms with van der Waals surface area (Å²) in [4.78, 5) is 24.7. The summed E-state index contributed by atoms with van der Waals surface area (Å²) in [6, 6.07) is 11.8. The topological polar surface area (TPSA) is 117 Å². The standard InChI is InChI=1S/C17H13ClN4O4S/c18-13-5-1-12(2-6-13)10-19-22-27(25,26)14-7-3-11(4-8-14)9-15-16(23)21-17(24)20-15/h1-10,22H,(H2,20,21,23,24)/b15-9-,19-10+. The van der Waals surface area contributed by atoms with Crippen LogP contribution >= 0.6 is 11.6 Å². The zero-order valence-electron chi connectivity index (χ0n) is 13.6. The molecule has 0 aromatic heterocycles. The number of benzene rings is 2. The summed E-state index contributed by atoms with van der Waals surface area (Å²) in [5.74, 6) is -0.546. The van der Waals surface area contributed by atoms with Crippen LogP contribution in [0.25, 0.3) is 6.08 Å². The van der Waals surface area contributed by atoms with E-state index in [9.17, 15) is 18.0 Å². The van der Waals surface area contributed by atoms with Crippen molar-refractivity contribution in [1.29, 1.82) is 0 Å². The number of hydrogen-bond acceptors (Lipinski definition) is 5. The molecule has 8 nitrogen and oxygen atoms in total. The Morgan fingerprint density at radius 1 is 0.926 bits per heavy atom. The van der Waals surface area contributed by atoms with Crippen molar-refractivity contribution in [3.05, 3.63) is 70.4 Å². The minimum absolute atomic E-state index is 0.00202. The van der Waals surface area contributed by atoms with Crippen molar-refractivity contribution >= 4 is 45.9 Å². The number of hydrogen-bond donors (Lipinski definition) is 3. The van der Waals surface area contributed by atoms with Gasteiger partial charge in [0.05, 0.1) is 11.1 Å². The third-order valence-electron chi connectivity index (χ3n) is 3.48. The molecule has 3 rings (SSSR count). The highest BCUT2D eigenvalue weighted by Gasteiger charge is 2.22. The number of carbonyl (C=O) groups is 2. The van der Waals surface area contributed by atoms with Crippen LogP contribution in [0.15, 0.2) is 64.2 Å². The Kier molecular flexibility index (Phi) is 5.24. The molecular formula is C17H13ClN4O4S. The number of amides is 3. The van der Waals surface area contributed by atoms with Gasteiger partial charge in [-0.15, -0.1) is 0 Å². The molecule has 0 radical (unpaired) electrons. The van der Waals surface area contributed by atoms with Crippen LogP contribution in [0.1, 0.15) is 11.1 Å². The molecule has 2 aromatic carbocycles. The number of halogens is 1.